The minimum absolute atomic E-state index is 0.226. The van der Waals surface area contributed by atoms with Gasteiger partial charge in [-0.3, -0.25) is 0 Å². The monoisotopic (exact) mass is 382 g/mol. The van der Waals surface area contributed by atoms with E-state index in [-0.39, 0.29) is 5.82 Å². The van der Waals surface area contributed by atoms with E-state index >= 15 is 0 Å². The molecule has 0 fully saturated rings. The molecule has 2 nitrogen and oxygen atoms in total. The minimum atomic E-state index is -0.226. The van der Waals surface area contributed by atoms with Gasteiger partial charge in [0.25, 0.3) is 0 Å². The lowest BCUT2D eigenvalue weighted by atomic mass is 9.98. The summed E-state index contributed by atoms with van der Waals surface area (Å²) in [5.41, 5.74) is 4.58. The molecule has 3 aromatic carbocycles. The van der Waals surface area contributed by atoms with Crippen LogP contribution in [-0.2, 0) is 10.6 Å². The van der Waals surface area contributed by atoms with Gasteiger partial charge >= 0.3 is 0 Å². The molecule has 3 aromatic rings. The molecule has 0 radical (unpaired) electrons. The summed E-state index contributed by atoms with van der Waals surface area (Å²) in [6, 6.07) is 21.1. The van der Waals surface area contributed by atoms with Crippen molar-refractivity contribution in [2.45, 2.75) is 12.8 Å². The number of hydrogen-bond acceptors (Lipinski definition) is 3. The molecule has 140 valence electrons. The van der Waals surface area contributed by atoms with Crippen LogP contribution < -0.4 is 4.74 Å². The van der Waals surface area contributed by atoms with Crippen LogP contribution in [0.25, 0.3) is 22.3 Å². The van der Waals surface area contributed by atoms with E-state index in [9.17, 15) is 4.39 Å². The van der Waals surface area contributed by atoms with Gasteiger partial charge in [-0.2, -0.15) is 0 Å². The number of hydrogen-bond donors (Lipinski definition) is 0. The lowest BCUT2D eigenvalue weighted by Gasteiger charge is -2.09. The first-order chi connectivity index (χ1) is 13.2. The first-order valence-corrected chi connectivity index (χ1v) is 10.0. The van der Waals surface area contributed by atoms with E-state index in [2.05, 4.69) is 12.1 Å². The highest BCUT2D eigenvalue weighted by molar-refractivity contribution is 7.93. The average molecular weight is 382 g/mol. The second-order valence-electron chi connectivity index (χ2n) is 6.21. The van der Waals surface area contributed by atoms with Gasteiger partial charge in [-0.05, 0) is 65.3 Å². The summed E-state index contributed by atoms with van der Waals surface area (Å²) in [4.78, 5) is 0. The third-order valence-electron chi connectivity index (χ3n) is 4.47. The Hall–Kier alpha value is -2.30. The Morgan fingerprint density at radius 3 is 2.15 bits per heavy atom. The number of benzene rings is 3. The van der Waals surface area contributed by atoms with E-state index in [1.807, 2.05) is 54.8 Å². The lowest BCUT2D eigenvalue weighted by molar-refractivity contribution is 0.366. The average Bonchev–Trinajstić information content (AvgIpc) is 2.72. The number of ether oxygens (including phenoxy) is 1. The van der Waals surface area contributed by atoms with Crippen LogP contribution in [0, 0.1) is 5.82 Å². The maximum absolute atomic E-state index is 14.7. The highest BCUT2D eigenvalue weighted by atomic mass is 32.2. The second kappa shape index (κ2) is 9.58. The number of methoxy groups -OCH3 is 1. The Bertz CT molecular complexity index is 861. The molecule has 0 spiro atoms. The first kappa shape index (κ1) is 19.5. The van der Waals surface area contributed by atoms with Crippen LogP contribution in [0.1, 0.15) is 12.0 Å². The number of aryl methyl sites for hydroxylation is 1. The molecule has 0 aromatic heterocycles. The van der Waals surface area contributed by atoms with Crippen molar-refractivity contribution in [2.24, 2.45) is 0 Å². The molecule has 0 amide bonds. The van der Waals surface area contributed by atoms with Crippen molar-refractivity contribution in [3.05, 3.63) is 78.1 Å². The van der Waals surface area contributed by atoms with Gasteiger partial charge in [0.15, 0.2) is 0 Å². The third kappa shape index (κ3) is 5.12. The molecule has 0 bridgehead atoms. The predicted molar refractivity (Wildman–Crippen MR) is 112 cm³/mol. The van der Waals surface area contributed by atoms with Crippen molar-refractivity contribution in [1.82, 2.24) is 0 Å². The van der Waals surface area contributed by atoms with Crippen molar-refractivity contribution in [3.63, 3.8) is 0 Å². The molecule has 4 heteroatoms. The van der Waals surface area contributed by atoms with Crippen molar-refractivity contribution < 1.29 is 13.3 Å². The molecule has 0 atom stereocenters. The van der Waals surface area contributed by atoms with E-state index in [1.165, 1.54) is 17.6 Å². The Morgan fingerprint density at radius 1 is 0.852 bits per heavy atom. The summed E-state index contributed by atoms with van der Waals surface area (Å²) in [6.07, 6.45) is 3.89. The zero-order chi connectivity index (χ0) is 19.1. The smallest absolute Gasteiger partial charge is 0.131 e. The normalized spacial score (nSPS) is 10.8. The molecule has 0 aliphatic heterocycles. The van der Waals surface area contributed by atoms with Crippen LogP contribution in [0.5, 0.6) is 5.75 Å². The van der Waals surface area contributed by atoms with Crippen LogP contribution in [0.15, 0.2) is 66.7 Å². The van der Waals surface area contributed by atoms with E-state index in [4.69, 9.17) is 8.92 Å². The van der Waals surface area contributed by atoms with E-state index in [0.717, 1.165) is 41.9 Å². The number of rotatable bonds is 8. The van der Waals surface area contributed by atoms with Crippen LogP contribution in [0.3, 0.4) is 0 Å². The Morgan fingerprint density at radius 2 is 1.52 bits per heavy atom. The Balaban J connectivity index is 1.72. The molecule has 3 rings (SSSR count). The minimum Gasteiger partial charge on any atom is -0.497 e. The summed E-state index contributed by atoms with van der Waals surface area (Å²) in [5, 5.41) is 0. The zero-order valence-corrected chi connectivity index (χ0v) is 16.4. The SMILES string of the molecule is COc1ccc(-c2ccc(-c3ccc(CCCOSC)cc3)cc2F)cc1. The quantitative estimate of drug-likeness (QED) is 0.332. The van der Waals surface area contributed by atoms with Gasteiger partial charge in [0.05, 0.1) is 13.7 Å². The lowest BCUT2D eigenvalue weighted by Crippen LogP contribution is -1.92. The predicted octanol–water partition coefficient (Wildman–Crippen LogP) is 6.40. The summed E-state index contributed by atoms with van der Waals surface area (Å²) >= 11 is 1.40. The van der Waals surface area contributed by atoms with Crippen LogP contribution >= 0.6 is 12.0 Å². The fourth-order valence-corrected chi connectivity index (χ4v) is 3.27. The van der Waals surface area contributed by atoms with Crippen molar-refractivity contribution in [3.8, 4) is 28.0 Å². The van der Waals surface area contributed by atoms with Crippen molar-refractivity contribution >= 4 is 12.0 Å². The van der Waals surface area contributed by atoms with Crippen molar-refractivity contribution in [1.29, 1.82) is 0 Å². The van der Waals surface area contributed by atoms with E-state index in [1.54, 1.807) is 13.2 Å². The first-order valence-electron chi connectivity index (χ1n) is 8.90. The standard InChI is InChI=1S/C23H23FO2S/c1-25-21-12-9-19(10-13-21)22-14-11-20(16-23(22)24)18-7-5-17(6-8-18)4-3-15-26-27-2/h5-14,16H,3-4,15H2,1-2H3. The molecular formula is C23H23FO2S. The van der Waals surface area contributed by atoms with Gasteiger partial charge in [0, 0.05) is 11.8 Å². The molecule has 0 unspecified atom stereocenters. The molecule has 0 N–H and O–H groups in total. The molecular weight excluding hydrogens is 359 g/mol. The van der Waals surface area contributed by atoms with Crippen LogP contribution in [0.2, 0.25) is 0 Å². The highest BCUT2D eigenvalue weighted by Gasteiger charge is 2.08. The van der Waals surface area contributed by atoms with Gasteiger partial charge in [0.2, 0.25) is 0 Å². The van der Waals surface area contributed by atoms with Gasteiger partial charge < -0.3 is 8.92 Å². The highest BCUT2D eigenvalue weighted by Crippen LogP contribution is 2.29. The summed E-state index contributed by atoms with van der Waals surface area (Å²) in [5.74, 6) is 0.534. The van der Waals surface area contributed by atoms with Gasteiger partial charge in [-0.25, -0.2) is 4.39 Å². The Kier molecular flexibility index (Phi) is 6.91. The molecule has 0 heterocycles. The van der Waals surface area contributed by atoms with E-state index in [0.29, 0.717) is 5.56 Å². The van der Waals surface area contributed by atoms with Crippen LogP contribution in [-0.4, -0.2) is 20.0 Å². The fourth-order valence-electron chi connectivity index (χ4n) is 2.98. The topological polar surface area (TPSA) is 18.5 Å². The summed E-state index contributed by atoms with van der Waals surface area (Å²) < 4.78 is 25.1. The third-order valence-corrected chi connectivity index (χ3v) is 4.87. The van der Waals surface area contributed by atoms with Crippen LogP contribution in [0.4, 0.5) is 4.39 Å². The zero-order valence-electron chi connectivity index (χ0n) is 15.6. The van der Waals surface area contributed by atoms with Gasteiger partial charge in [-0.15, -0.1) is 0 Å². The fraction of sp³-hybridized carbons (Fsp3) is 0.217. The maximum atomic E-state index is 14.7. The molecule has 27 heavy (non-hydrogen) atoms. The second-order valence-corrected chi connectivity index (χ2v) is 6.78. The molecule has 0 saturated carbocycles. The maximum Gasteiger partial charge on any atom is 0.131 e. The Labute approximate surface area is 164 Å². The molecule has 0 saturated heterocycles. The van der Waals surface area contributed by atoms with E-state index < -0.39 is 0 Å². The van der Waals surface area contributed by atoms with Gasteiger partial charge in [-0.1, -0.05) is 48.5 Å². The summed E-state index contributed by atoms with van der Waals surface area (Å²) in [7, 11) is 1.62. The largest absolute Gasteiger partial charge is 0.497 e. The molecule has 0 aliphatic carbocycles. The number of halogens is 1. The van der Waals surface area contributed by atoms with Gasteiger partial charge in [0.1, 0.15) is 11.6 Å². The summed E-state index contributed by atoms with van der Waals surface area (Å²) in [6.45, 7) is 0.751. The van der Waals surface area contributed by atoms with Crippen molar-refractivity contribution in [2.75, 3.05) is 20.0 Å². The molecule has 0 aliphatic rings.